The fraction of sp³-hybridized carbons (Fsp3) is 0. The van der Waals surface area contributed by atoms with Crippen molar-refractivity contribution in [2.75, 3.05) is 0 Å². The third-order valence-corrected chi connectivity index (χ3v) is 3.13. The smallest absolute Gasteiger partial charge is 0.0249 e. The Balaban J connectivity index is 1.74. The quantitative estimate of drug-likeness (QED) is 0.532. The Bertz CT molecular complexity index is 773. The molecule has 0 fully saturated rings. The van der Waals surface area contributed by atoms with E-state index in [1.807, 2.05) is 84.9 Å². The summed E-state index contributed by atoms with van der Waals surface area (Å²) >= 11 is 0. The molecule has 0 unspecified atom stereocenters. The van der Waals surface area contributed by atoms with Crippen LogP contribution in [0.4, 0.5) is 0 Å². The average molecular weight is 278 g/mol. The molecule has 0 nitrogen and oxygen atoms in total. The summed E-state index contributed by atoms with van der Waals surface area (Å²) in [6, 6.07) is 28.0. The highest BCUT2D eigenvalue weighted by Gasteiger charge is 1.89. The molecule has 0 aliphatic heterocycles. The standard InChI is InChI=1S/C22H14/c1-3-7-19(8-4-1)11-13-21-15-17-22(18-16-21)14-12-20-9-5-2-6-10-20/h1-10,15-18H. The molecular weight excluding hydrogens is 264 g/mol. The molecule has 0 heteroatoms. The Labute approximate surface area is 131 Å². The van der Waals surface area contributed by atoms with E-state index >= 15 is 0 Å². The van der Waals surface area contributed by atoms with E-state index in [1.54, 1.807) is 0 Å². The van der Waals surface area contributed by atoms with Gasteiger partial charge in [0.15, 0.2) is 0 Å². The third-order valence-electron chi connectivity index (χ3n) is 3.13. The van der Waals surface area contributed by atoms with Crippen LogP contribution >= 0.6 is 0 Å². The summed E-state index contributed by atoms with van der Waals surface area (Å²) in [5.74, 6) is 12.6. The maximum Gasteiger partial charge on any atom is 0.0249 e. The van der Waals surface area contributed by atoms with Crippen molar-refractivity contribution in [3.63, 3.8) is 0 Å². The lowest BCUT2D eigenvalue weighted by Crippen LogP contribution is -1.78. The fourth-order valence-corrected chi connectivity index (χ4v) is 1.97. The minimum absolute atomic E-state index is 0.995. The maximum absolute atomic E-state index is 3.16. The van der Waals surface area contributed by atoms with Gasteiger partial charge in [-0.05, 0) is 48.5 Å². The maximum atomic E-state index is 3.16. The molecule has 0 aromatic heterocycles. The van der Waals surface area contributed by atoms with Crippen LogP contribution in [0.3, 0.4) is 0 Å². The Morgan fingerprint density at radius 3 is 0.909 bits per heavy atom. The van der Waals surface area contributed by atoms with Crippen LogP contribution in [0.25, 0.3) is 0 Å². The Kier molecular flexibility index (Phi) is 4.36. The molecule has 3 rings (SSSR count). The molecule has 0 saturated carbocycles. The number of benzene rings is 3. The Hall–Kier alpha value is -3.22. The molecular formula is C22H14. The van der Waals surface area contributed by atoms with Crippen LogP contribution in [0.5, 0.6) is 0 Å². The van der Waals surface area contributed by atoms with E-state index in [4.69, 9.17) is 0 Å². The second-order valence-corrected chi connectivity index (χ2v) is 4.81. The summed E-state index contributed by atoms with van der Waals surface area (Å²) in [5.41, 5.74) is 4.04. The molecule has 102 valence electrons. The van der Waals surface area contributed by atoms with Crippen molar-refractivity contribution < 1.29 is 0 Å². The first-order valence-electron chi connectivity index (χ1n) is 7.14. The highest BCUT2D eigenvalue weighted by Crippen LogP contribution is 2.04. The van der Waals surface area contributed by atoms with E-state index in [9.17, 15) is 0 Å². The summed E-state index contributed by atoms with van der Waals surface area (Å²) in [6.45, 7) is 0. The van der Waals surface area contributed by atoms with Gasteiger partial charge in [0.1, 0.15) is 0 Å². The molecule has 22 heavy (non-hydrogen) atoms. The molecule has 0 amide bonds. The van der Waals surface area contributed by atoms with Gasteiger partial charge >= 0.3 is 0 Å². The van der Waals surface area contributed by atoms with Crippen LogP contribution in [-0.2, 0) is 0 Å². The zero-order chi connectivity index (χ0) is 15.0. The van der Waals surface area contributed by atoms with Gasteiger partial charge in [-0.1, -0.05) is 60.1 Å². The molecule has 3 aromatic carbocycles. The van der Waals surface area contributed by atoms with Crippen LogP contribution in [0, 0.1) is 23.7 Å². The van der Waals surface area contributed by atoms with E-state index in [0.29, 0.717) is 0 Å². The molecule has 0 heterocycles. The van der Waals surface area contributed by atoms with Crippen molar-refractivity contribution in [2.45, 2.75) is 0 Å². The molecule has 0 atom stereocenters. The molecule has 0 N–H and O–H groups in total. The number of hydrogen-bond donors (Lipinski definition) is 0. The first-order chi connectivity index (χ1) is 10.9. The zero-order valence-corrected chi connectivity index (χ0v) is 12.1. The summed E-state index contributed by atoms with van der Waals surface area (Å²) in [5, 5.41) is 0. The van der Waals surface area contributed by atoms with E-state index in [0.717, 1.165) is 22.3 Å². The molecule has 0 bridgehead atoms. The second-order valence-electron chi connectivity index (χ2n) is 4.81. The molecule has 0 spiro atoms. The Morgan fingerprint density at radius 2 is 0.591 bits per heavy atom. The highest BCUT2D eigenvalue weighted by atomic mass is 13.9. The summed E-state index contributed by atoms with van der Waals surface area (Å²) in [6.07, 6.45) is 0. The third kappa shape index (κ3) is 3.89. The van der Waals surface area contributed by atoms with E-state index in [1.165, 1.54) is 0 Å². The van der Waals surface area contributed by atoms with Crippen molar-refractivity contribution in [2.24, 2.45) is 0 Å². The monoisotopic (exact) mass is 278 g/mol. The van der Waals surface area contributed by atoms with Gasteiger partial charge in [-0.3, -0.25) is 0 Å². The van der Waals surface area contributed by atoms with Crippen molar-refractivity contribution >= 4 is 0 Å². The minimum atomic E-state index is 0.995. The lowest BCUT2D eigenvalue weighted by atomic mass is 10.1. The van der Waals surface area contributed by atoms with Gasteiger partial charge in [0.25, 0.3) is 0 Å². The van der Waals surface area contributed by atoms with Gasteiger partial charge in [-0.25, -0.2) is 0 Å². The molecule has 0 saturated heterocycles. The normalized spacial score (nSPS) is 9.09. The predicted octanol–water partition coefficient (Wildman–Crippen LogP) is 4.49. The SMILES string of the molecule is C(#Cc1ccc(C#Cc2ccccc2)cc1)c1ccccc1. The summed E-state index contributed by atoms with van der Waals surface area (Å²) in [7, 11) is 0. The fourth-order valence-electron chi connectivity index (χ4n) is 1.97. The Morgan fingerprint density at radius 1 is 0.318 bits per heavy atom. The van der Waals surface area contributed by atoms with E-state index in [2.05, 4.69) is 23.7 Å². The lowest BCUT2D eigenvalue weighted by Gasteiger charge is -1.92. The van der Waals surface area contributed by atoms with Crippen molar-refractivity contribution in [1.29, 1.82) is 0 Å². The molecule has 0 aliphatic rings. The first-order valence-corrected chi connectivity index (χ1v) is 7.14. The first kappa shape index (κ1) is 13.7. The predicted molar refractivity (Wildman–Crippen MR) is 91.3 cm³/mol. The lowest BCUT2D eigenvalue weighted by molar-refractivity contribution is 1.59. The van der Waals surface area contributed by atoms with E-state index in [-0.39, 0.29) is 0 Å². The van der Waals surface area contributed by atoms with Gasteiger partial charge in [-0.15, -0.1) is 0 Å². The second kappa shape index (κ2) is 6.98. The molecule has 3 aromatic rings. The summed E-state index contributed by atoms with van der Waals surface area (Å²) < 4.78 is 0. The van der Waals surface area contributed by atoms with Gasteiger partial charge in [0, 0.05) is 22.3 Å². The van der Waals surface area contributed by atoms with E-state index < -0.39 is 0 Å². The van der Waals surface area contributed by atoms with Crippen molar-refractivity contribution in [3.8, 4) is 23.7 Å². The number of rotatable bonds is 0. The van der Waals surface area contributed by atoms with Gasteiger partial charge in [0.05, 0.1) is 0 Å². The van der Waals surface area contributed by atoms with Gasteiger partial charge in [-0.2, -0.15) is 0 Å². The van der Waals surface area contributed by atoms with Crippen LogP contribution in [0.1, 0.15) is 22.3 Å². The zero-order valence-electron chi connectivity index (χ0n) is 12.1. The topological polar surface area (TPSA) is 0 Å². The summed E-state index contributed by atoms with van der Waals surface area (Å²) in [4.78, 5) is 0. The van der Waals surface area contributed by atoms with Crippen LogP contribution in [-0.4, -0.2) is 0 Å². The number of hydrogen-bond acceptors (Lipinski definition) is 0. The highest BCUT2D eigenvalue weighted by molar-refractivity contribution is 5.47. The molecule has 0 aliphatic carbocycles. The van der Waals surface area contributed by atoms with Crippen LogP contribution in [0.15, 0.2) is 84.9 Å². The van der Waals surface area contributed by atoms with Crippen LogP contribution in [0.2, 0.25) is 0 Å². The average Bonchev–Trinajstić information content (AvgIpc) is 2.61. The van der Waals surface area contributed by atoms with Crippen molar-refractivity contribution in [3.05, 3.63) is 107 Å². The minimum Gasteiger partial charge on any atom is -0.0622 e. The van der Waals surface area contributed by atoms with Crippen LogP contribution < -0.4 is 0 Å². The molecule has 0 radical (unpaired) electrons. The van der Waals surface area contributed by atoms with Gasteiger partial charge < -0.3 is 0 Å². The largest absolute Gasteiger partial charge is 0.0622 e. The van der Waals surface area contributed by atoms with Crippen molar-refractivity contribution in [1.82, 2.24) is 0 Å². The van der Waals surface area contributed by atoms with Gasteiger partial charge in [0.2, 0.25) is 0 Å².